The second-order valence-corrected chi connectivity index (χ2v) is 5.87. The van der Waals surface area contributed by atoms with Gasteiger partial charge in [0.1, 0.15) is 5.75 Å². The van der Waals surface area contributed by atoms with Crippen LogP contribution >= 0.6 is 11.6 Å². The predicted molar refractivity (Wildman–Crippen MR) is 94.9 cm³/mol. The number of hydrogen-bond acceptors (Lipinski definition) is 4. The summed E-state index contributed by atoms with van der Waals surface area (Å²) in [6.45, 7) is 4.71. The molecule has 0 aliphatic rings. The largest absolute Gasteiger partial charge is 0.471 e. The Bertz CT molecular complexity index is 887. The molecule has 0 unspecified atom stereocenters. The van der Waals surface area contributed by atoms with Crippen LogP contribution in [-0.4, -0.2) is 25.5 Å². The number of aromatic nitrogens is 4. The second kappa shape index (κ2) is 7.40. The minimum atomic E-state index is -0.215. The van der Waals surface area contributed by atoms with Gasteiger partial charge in [0.2, 0.25) is 0 Å². The SMILES string of the molecule is CCn1cc(C(=O)Nc2cnn(COc3cccc(Cl)c3)c2)c(C)n1. The Morgan fingerprint density at radius 1 is 1.32 bits per heavy atom. The lowest BCUT2D eigenvalue weighted by Crippen LogP contribution is -2.12. The van der Waals surface area contributed by atoms with Crippen LogP contribution in [0.3, 0.4) is 0 Å². The van der Waals surface area contributed by atoms with E-state index in [-0.39, 0.29) is 12.6 Å². The van der Waals surface area contributed by atoms with Gasteiger partial charge in [0, 0.05) is 17.8 Å². The molecule has 0 fully saturated rings. The first-order valence-corrected chi connectivity index (χ1v) is 8.19. The van der Waals surface area contributed by atoms with Gasteiger partial charge >= 0.3 is 0 Å². The molecule has 7 nitrogen and oxygen atoms in total. The third-order valence-electron chi connectivity index (χ3n) is 3.57. The van der Waals surface area contributed by atoms with Crippen LogP contribution in [-0.2, 0) is 13.3 Å². The molecule has 8 heteroatoms. The number of rotatable bonds is 6. The number of aryl methyl sites for hydroxylation is 2. The molecule has 0 bridgehead atoms. The van der Waals surface area contributed by atoms with Gasteiger partial charge in [-0.1, -0.05) is 17.7 Å². The molecule has 1 aromatic carbocycles. The third-order valence-corrected chi connectivity index (χ3v) is 3.80. The molecule has 0 saturated carbocycles. The highest BCUT2D eigenvalue weighted by Crippen LogP contribution is 2.18. The number of benzene rings is 1. The summed E-state index contributed by atoms with van der Waals surface area (Å²) in [5.41, 5.74) is 1.82. The van der Waals surface area contributed by atoms with Gasteiger partial charge in [0.15, 0.2) is 6.73 Å². The lowest BCUT2D eigenvalue weighted by Gasteiger charge is -2.06. The fraction of sp³-hybridized carbons (Fsp3) is 0.235. The number of nitrogens with zero attached hydrogens (tertiary/aromatic N) is 4. The van der Waals surface area contributed by atoms with Crippen molar-refractivity contribution in [3.63, 3.8) is 0 Å². The van der Waals surface area contributed by atoms with Crippen molar-refractivity contribution in [2.75, 3.05) is 5.32 Å². The number of halogens is 1. The van der Waals surface area contributed by atoms with E-state index in [0.717, 1.165) is 0 Å². The molecule has 3 rings (SSSR count). The Morgan fingerprint density at radius 2 is 2.16 bits per heavy atom. The van der Waals surface area contributed by atoms with E-state index in [2.05, 4.69) is 15.5 Å². The molecule has 0 aliphatic carbocycles. The van der Waals surface area contributed by atoms with Crippen LogP contribution < -0.4 is 10.1 Å². The van der Waals surface area contributed by atoms with E-state index >= 15 is 0 Å². The van der Waals surface area contributed by atoms with E-state index in [1.807, 2.05) is 26.0 Å². The van der Waals surface area contributed by atoms with E-state index in [1.165, 1.54) is 0 Å². The van der Waals surface area contributed by atoms with Crippen molar-refractivity contribution in [2.45, 2.75) is 27.1 Å². The van der Waals surface area contributed by atoms with Gasteiger partial charge in [0.05, 0.1) is 29.3 Å². The topological polar surface area (TPSA) is 74.0 Å². The Morgan fingerprint density at radius 3 is 2.88 bits per heavy atom. The average Bonchev–Trinajstić information content (AvgIpc) is 3.19. The van der Waals surface area contributed by atoms with E-state index in [4.69, 9.17) is 16.3 Å². The third kappa shape index (κ3) is 4.19. The van der Waals surface area contributed by atoms with E-state index < -0.39 is 0 Å². The van der Waals surface area contributed by atoms with Crippen LogP contribution in [0.5, 0.6) is 5.75 Å². The molecule has 0 radical (unpaired) electrons. The summed E-state index contributed by atoms with van der Waals surface area (Å²) < 4.78 is 8.91. The molecule has 1 amide bonds. The van der Waals surface area contributed by atoms with Crippen LogP contribution in [0, 0.1) is 6.92 Å². The van der Waals surface area contributed by atoms with Crippen molar-refractivity contribution in [1.82, 2.24) is 19.6 Å². The van der Waals surface area contributed by atoms with Gasteiger partial charge in [0.25, 0.3) is 5.91 Å². The van der Waals surface area contributed by atoms with Crippen LogP contribution in [0.4, 0.5) is 5.69 Å². The summed E-state index contributed by atoms with van der Waals surface area (Å²) in [5.74, 6) is 0.434. The van der Waals surface area contributed by atoms with Crippen molar-refractivity contribution < 1.29 is 9.53 Å². The fourth-order valence-corrected chi connectivity index (χ4v) is 2.48. The smallest absolute Gasteiger partial charge is 0.259 e. The lowest BCUT2D eigenvalue weighted by atomic mass is 10.2. The standard InChI is InChI=1S/C17H18ClN5O2/c1-3-22-10-16(12(2)21-22)17(24)20-14-8-19-23(9-14)11-25-15-6-4-5-13(18)7-15/h4-10H,3,11H2,1-2H3,(H,20,24). The van der Waals surface area contributed by atoms with Crippen molar-refractivity contribution in [1.29, 1.82) is 0 Å². The van der Waals surface area contributed by atoms with Crippen LogP contribution in [0.15, 0.2) is 42.9 Å². The first kappa shape index (κ1) is 17.0. The van der Waals surface area contributed by atoms with Crippen molar-refractivity contribution in [3.8, 4) is 5.75 Å². The van der Waals surface area contributed by atoms with E-state index in [0.29, 0.717) is 34.3 Å². The molecular formula is C17H18ClN5O2. The summed E-state index contributed by atoms with van der Waals surface area (Å²) in [5, 5.41) is 11.9. The lowest BCUT2D eigenvalue weighted by molar-refractivity contribution is 0.102. The first-order chi connectivity index (χ1) is 12.0. The maximum atomic E-state index is 12.3. The van der Waals surface area contributed by atoms with Gasteiger partial charge < -0.3 is 10.1 Å². The maximum Gasteiger partial charge on any atom is 0.259 e. The van der Waals surface area contributed by atoms with Gasteiger partial charge in [-0.15, -0.1) is 0 Å². The quantitative estimate of drug-likeness (QED) is 0.732. The molecule has 0 spiro atoms. The zero-order chi connectivity index (χ0) is 17.8. The van der Waals surface area contributed by atoms with E-state index in [1.54, 1.807) is 40.1 Å². The Labute approximate surface area is 150 Å². The molecule has 0 atom stereocenters. The highest BCUT2D eigenvalue weighted by molar-refractivity contribution is 6.30. The second-order valence-electron chi connectivity index (χ2n) is 5.44. The molecule has 2 heterocycles. The summed E-state index contributed by atoms with van der Waals surface area (Å²) in [6.07, 6.45) is 5.00. The summed E-state index contributed by atoms with van der Waals surface area (Å²) in [6, 6.07) is 7.12. The van der Waals surface area contributed by atoms with Gasteiger partial charge in [-0.2, -0.15) is 10.2 Å². The predicted octanol–water partition coefficient (Wildman–Crippen LogP) is 3.35. The molecule has 1 N–H and O–H groups in total. The molecule has 3 aromatic rings. The molecule has 25 heavy (non-hydrogen) atoms. The van der Waals surface area contributed by atoms with Gasteiger partial charge in [-0.25, -0.2) is 4.68 Å². The number of carbonyl (C=O) groups is 1. The Balaban J connectivity index is 1.61. The first-order valence-electron chi connectivity index (χ1n) is 7.81. The summed E-state index contributed by atoms with van der Waals surface area (Å²) in [7, 11) is 0. The molecule has 0 saturated heterocycles. The number of carbonyl (C=O) groups excluding carboxylic acids is 1. The Hall–Kier alpha value is -2.80. The van der Waals surface area contributed by atoms with Crippen molar-refractivity contribution in [3.05, 3.63) is 59.1 Å². The van der Waals surface area contributed by atoms with Crippen LogP contribution in [0.2, 0.25) is 5.02 Å². The van der Waals surface area contributed by atoms with E-state index in [9.17, 15) is 4.79 Å². The minimum absolute atomic E-state index is 0.211. The number of ether oxygens (including phenoxy) is 1. The number of nitrogens with one attached hydrogen (secondary N) is 1. The zero-order valence-electron chi connectivity index (χ0n) is 13.9. The average molecular weight is 360 g/mol. The van der Waals surface area contributed by atoms with Gasteiger partial charge in [-0.05, 0) is 32.0 Å². The van der Waals surface area contributed by atoms with Crippen LogP contribution in [0.1, 0.15) is 23.0 Å². The molecule has 0 aliphatic heterocycles. The monoisotopic (exact) mass is 359 g/mol. The minimum Gasteiger partial charge on any atom is -0.471 e. The zero-order valence-corrected chi connectivity index (χ0v) is 14.7. The van der Waals surface area contributed by atoms with Crippen molar-refractivity contribution in [2.24, 2.45) is 0 Å². The fourth-order valence-electron chi connectivity index (χ4n) is 2.30. The van der Waals surface area contributed by atoms with Crippen molar-refractivity contribution >= 4 is 23.2 Å². The number of anilines is 1. The Kier molecular flexibility index (Phi) is 5.04. The molecular weight excluding hydrogens is 342 g/mol. The highest BCUT2D eigenvalue weighted by atomic mass is 35.5. The summed E-state index contributed by atoms with van der Waals surface area (Å²) >= 11 is 5.91. The number of hydrogen-bond donors (Lipinski definition) is 1. The van der Waals surface area contributed by atoms with Gasteiger partial charge in [-0.3, -0.25) is 9.48 Å². The summed E-state index contributed by atoms with van der Waals surface area (Å²) in [4.78, 5) is 12.3. The molecule has 2 aromatic heterocycles. The normalized spacial score (nSPS) is 10.7. The van der Waals surface area contributed by atoms with Crippen LogP contribution in [0.25, 0.3) is 0 Å². The highest BCUT2D eigenvalue weighted by Gasteiger charge is 2.14. The maximum absolute atomic E-state index is 12.3. The molecule has 130 valence electrons. The number of amides is 1.